The van der Waals surface area contributed by atoms with E-state index in [-0.39, 0.29) is 71.0 Å². The van der Waals surface area contributed by atoms with E-state index in [0.717, 1.165) is 46.2 Å². The van der Waals surface area contributed by atoms with Crippen LogP contribution in [-0.2, 0) is 67.1 Å². The van der Waals surface area contributed by atoms with E-state index in [9.17, 15) is 29.1 Å². The van der Waals surface area contributed by atoms with E-state index in [1.807, 2.05) is 66.7 Å². The Hall–Kier alpha value is -9.24. The van der Waals surface area contributed by atoms with Crippen LogP contribution in [0.5, 0.6) is 69.0 Å². The van der Waals surface area contributed by atoms with Crippen LogP contribution in [-0.4, -0.2) is 136 Å². The number of carbonyl (C=O) groups is 5. The number of cyclic esters (lactones) is 3. The SMILES string of the molecule is COc1cc(C[C@H]2C(=O)OC[C@@H]2Cc2ccc(OC)c(OC)c2)ccc1O.COc1ccc(C[C@H]2COC(=O)[C@@H]2Cc2ccc(OC(=O)Cl)c(OC)c2)cc1OC.COc1ccc(C[C@H]2COC(=O)[C@@H]2Cc2ccc(OC(=O)N3CCCC3)c(OC)c2)cc1OC. The molecule has 0 aliphatic carbocycles. The lowest BCUT2D eigenvalue weighted by atomic mass is 9.85. The van der Waals surface area contributed by atoms with Gasteiger partial charge in [0.1, 0.15) is 0 Å². The van der Waals surface area contributed by atoms with E-state index in [2.05, 4.69) is 0 Å². The van der Waals surface area contributed by atoms with Crippen LogP contribution in [0.2, 0.25) is 0 Å². The molecular weight excluding hydrogens is 1200 g/mol. The summed E-state index contributed by atoms with van der Waals surface area (Å²) in [4.78, 5) is 62.3. The van der Waals surface area contributed by atoms with E-state index in [1.165, 1.54) is 21.3 Å². The second-order valence-corrected chi connectivity index (χ2v) is 22.5. The normalized spacial score (nSPS) is 18.8. The summed E-state index contributed by atoms with van der Waals surface area (Å²) in [6, 6.07) is 32.9. The number of phenols is 1. The first-order valence-electron chi connectivity index (χ1n) is 29.7. The number of esters is 3. The van der Waals surface area contributed by atoms with Crippen LogP contribution in [0.4, 0.5) is 9.59 Å². The van der Waals surface area contributed by atoms with Crippen molar-refractivity contribution in [1.29, 1.82) is 0 Å². The van der Waals surface area contributed by atoms with Crippen molar-refractivity contribution in [3.05, 3.63) is 143 Å². The van der Waals surface area contributed by atoms with Crippen molar-refractivity contribution >= 4 is 41.0 Å². The van der Waals surface area contributed by atoms with Gasteiger partial charge in [0.25, 0.3) is 0 Å². The summed E-state index contributed by atoms with van der Waals surface area (Å²) in [6.45, 7) is 2.56. The average Bonchev–Trinajstić information content (AvgIpc) is 1.96. The van der Waals surface area contributed by atoms with Gasteiger partial charge in [-0.15, -0.1) is 0 Å². The third-order valence-corrected chi connectivity index (χ3v) is 16.7. The molecule has 22 heteroatoms. The molecule has 4 heterocycles. The van der Waals surface area contributed by atoms with Crippen molar-refractivity contribution < 1.29 is 95.4 Å². The largest absolute Gasteiger partial charge is 0.504 e. The highest BCUT2D eigenvalue weighted by Gasteiger charge is 2.40. The molecule has 6 aromatic carbocycles. The molecule has 0 unspecified atom stereocenters. The first kappa shape index (κ1) is 67.7. The maximum atomic E-state index is 12.5. The molecule has 6 atom stereocenters. The third-order valence-electron chi connectivity index (χ3n) is 16.6. The number of hydrogen-bond acceptors (Lipinski definition) is 20. The lowest BCUT2D eigenvalue weighted by molar-refractivity contribution is -0.142. The summed E-state index contributed by atoms with van der Waals surface area (Å²) < 4.78 is 74.4. The first-order chi connectivity index (χ1) is 44.0. The zero-order chi connectivity index (χ0) is 65.1. The van der Waals surface area contributed by atoms with E-state index in [1.54, 1.807) is 90.0 Å². The molecule has 6 aromatic rings. The quantitative estimate of drug-likeness (QED) is 0.0356. The number of hydrogen-bond donors (Lipinski definition) is 1. The number of nitrogens with zero attached hydrogens (tertiary/aromatic N) is 1. The molecule has 0 saturated carbocycles. The molecule has 10 rings (SSSR count). The van der Waals surface area contributed by atoms with Gasteiger partial charge in [-0.25, -0.2) is 9.59 Å². The molecule has 0 aromatic heterocycles. The number of benzene rings is 6. The standard InChI is InChI=1S/C26H31NO7.C22H23ClO7.C21H24O6/c1-30-21-8-6-17(14-23(21)31-2)12-19-16-33-25(28)20(19)13-18-7-9-22(24(15-18)32-3)34-26(29)27-10-4-5-11-27;1-26-17-6-4-13(10-19(17)27-2)8-15-12-29-21(24)16(15)9-14-5-7-18(30-22(23)25)20(11-14)28-3;1-24-18-7-5-13(11-20(18)26-3)8-15-12-27-21(23)16(15)9-14-4-6-17(22)19(10-14)25-2/h6-9,14-15,19-20H,4-5,10-13,16H2,1-3H3;4-7,10-11,15-16H,8-9,12H2,1-3H3;4-7,10-11,15-16,22H,8-9,12H2,1-3H3/t19-,20+;2*15-,16+/m000/s1. The van der Waals surface area contributed by atoms with Crippen LogP contribution in [0.1, 0.15) is 46.2 Å². The fourth-order valence-electron chi connectivity index (χ4n) is 11.7. The number of ether oxygens (including phenoxy) is 14. The Bertz CT molecular complexity index is 3500. The minimum atomic E-state index is -0.949. The Labute approximate surface area is 534 Å². The van der Waals surface area contributed by atoms with Crippen molar-refractivity contribution in [2.24, 2.45) is 35.5 Å². The second kappa shape index (κ2) is 32.5. The van der Waals surface area contributed by atoms with Crippen LogP contribution >= 0.6 is 11.6 Å². The Morgan fingerprint density at radius 3 is 0.989 bits per heavy atom. The van der Waals surface area contributed by atoms with Gasteiger partial charge >= 0.3 is 29.4 Å². The Balaban J connectivity index is 0.000000177. The van der Waals surface area contributed by atoms with Gasteiger partial charge in [-0.3, -0.25) is 14.4 Å². The molecule has 91 heavy (non-hydrogen) atoms. The zero-order valence-electron chi connectivity index (χ0n) is 52.6. The summed E-state index contributed by atoms with van der Waals surface area (Å²) in [6.07, 6.45) is 5.18. The summed E-state index contributed by atoms with van der Waals surface area (Å²) in [5.74, 6) is 4.54. The highest BCUT2D eigenvalue weighted by molar-refractivity contribution is 6.61. The number of rotatable bonds is 23. The van der Waals surface area contributed by atoms with Gasteiger partial charge in [0.2, 0.25) is 0 Å². The fraction of sp³-hybridized carbons (Fsp3) is 0.406. The maximum absolute atomic E-state index is 12.5. The molecule has 4 fully saturated rings. The monoisotopic (exact) mass is 1280 g/mol. The predicted octanol–water partition coefficient (Wildman–Crippen LogP) is 10.9. The summed E-state index contributed by atoms with van der Waals surface area (Å²) in [7, 11) is 14.1. The molecule has 486 valence electrons. The summed E-state index contributed by atoms with van der Waals surface area (Å²) in [5, 5.41) is 9.75. The number of methoxy groups -OCH3 is 9. The highest BCUT2D eigenvalue weighted by atomic mass is 35.5. The number of carbonyl (C=O) groups excluding carboxylic acids is 5. The molecule has 1 N–H and O–H groups in total. The Morgan fingerprint density at radius 2 is 0.670 bits per heavy atom. The number of halogens is 1. The van der Waals surface area contributed by atoms with Crippen molar-refractivity contribution in [2.45, 2.75) is 51.4 Å². The fourth-order valence-corrected chi connectivity index (χ4v) is 11.8. The van der Waals surface area contributed by atoms with Gasteiger partial charge < -0.3 is 76.3 Å². The third kappa shape index (κ3) is 17.6. The molecule has 0 bridgehead atoms. The highest BCUT2D eigenvalue weighted by Crippen LogP contribution is 2.39. The van der Waals surface area contributed by atoms with Gasteiger partial charge in [-0.1, -0.05) is 36.4 Å². The van der Waals surface area contributed by atoms with Gasteiger partial charge in [0, 0.05) is 42.4 Å². The van der Waals surface area contributed by atoms with Crippen LogP contribution in [0.15, 0.2) is 109 Å². The topological polar surface area (TPSA) is 238 Å². The van der Waals surface area contributed by atoms with E-state index in [4.69, 9.17) is 77.9 Å². The van der Waals surface area contributed by atoms with Crippen molar-refractivity contribution in [3.63, 3.8) is 0 Å². The van der Waals surface area contributed by atoms with Gasteiger partial charge in [0.15, 0.2) is 69.0 Å². The lowest BCUT2D eigenvalue weighted by Gasteiger charge is -2.18. The predicted molar refractivity (Wildman–Crippen MR) is 334 cm³/mol. The Kier molecular flexibility index (Phi) is 24.2. The first-order valence-corrected chi connectivity index (χ1v) is 30.1. The van der Waals surface area contributed by atoms with Crippen LogP contribution in [0.25, 0.3) is 0 Å². The van der Waals surface area contributed by atoms with E-state index in [0.29, 0.717) is 129 Å². The van der Waals surface area contributed by atoms with Crippen LogP contribution in [0, 0.1) is 35.5 Å². The molecule has 4 aliphatic rings. The van der Waals surface area contributed by atoms with Gasteiger partial charge in [-0.05, 0) is 158 Å². The van der Waals surface area contributed by atoms with E-state index >= 15 is 0 Å². The second-order valence-electron chi connectivity index (χ2n) is 22.2. The van der Waals surface area contributed by atoms with Gasteiger partial charge in [-0.2, -0.15) is 0 Å². The maximum Gasteiger partial charge on any atom is 0.415 e. The Morgan fingerprint density at radius 1 is 0.396 bits per heavy atom. The van der Waals surface area contributed by atoms with E-state index < -0.39 is 5.43 Å². The lowest BCUT2D eigenvalue weighted by Crippen LogP contribution is -2.30. The van der Waals surface area contributed by atoms with Crippen molar-refractivity contribution in [3.8, 4) is 69.0 Å². The zero-order valence-corrected chi connectivity index (χ0v) is 53.3. The smallest absolute Gasteiger partial charge is 0.415 e. The van der Waals surface area contributed by atoms with Crippen molar-refractivity contribution in [2.75, 3.05) is 96.9 Å². The minimum Gasteiger partial charge on any atom is -0.504 e. The van der Waals surface area contributed by atoms with Crippen LogP contribution in [0.3, 0.4) is 0 Å². The summed E-state index contributed by atoms with van der Waals surface area (Å²) >= 11 is 5.28. The molecule has 0 radical (unpaired) electrons. The average molecular weight is 1280 g/mol. The number of amides is 1. The van der Waals surface area contributed by atoms with Crippen molar-refractivity contribution in [1.82, 2.24) is 4.90 Å². The molecular formula is C69H78ClNO20. The minimum absolute atomic E-state index is 0.0157. The molecule has 4 aliphatic heterocycles. The number of likely N-dealkylation sites (tertiary alicyclic amines) is 1. The number of aromatic hydroxyl groups is 1. The number of phenolic OH excluding ortho intramolecular Hbond substituents is 1. The molecule has 21 nitrogen and oxygen atoms in total. The molecule has 0 spiro atoms. The molecule has 1 amide bonds. The van der Waals surface area contributed by atoms with Gasteiger partial charge in [0.05, 0.1) is 102 Å². The summed E-state index contributed by atoms with van der Waals surface area (Å²) in [5.41, 5.74) is 4.89. The van der Waals surface area contributed by atoms with Crippen LogP contribution < -0.4 is 52.1 Å². The molecule has 4 saturated heterocycles.